The van der Waals surface area contributed by atoms with E-state index in [9.17, 15) is 19.8 Å². The molecule has 1 fully saturated rings. The van der Waals surface area contributed by atoms with Crippen LogP contribution >= 0.6 is 0 Å². The molecule has 1 heterocycles. The summed E-state index contributed by atoms with van der Waals surface area (Å²) >= 11 is 0. The fourth-order valence-electron chi connectivity index (χ4n) is 1.82. The molecule has 2 N–H and O–H groups in total. The Morgan fingerprint density at radius 3 is 2.11 bits per heavy atom. The maximum absolute atomic E-state index is 10.9. The Bertz CT molecular complexity index is 317. The largest absolute Gasteiger partial charge is 0.453 e. The van der Waals surface area contributed by atoms with Gasteiger partial charge in [0.25, 0.3) is 0 Å². The Hall–Kier alpha value is -1.18. The minimum atomic E-state index is -1.36. The van der Waals surface area contributed by atoms with Gasteiger partial charge in [0.2, 0.25) is 6.29 Å². The maximum Gasteiger partial charge on any atom is 0.305 e. The Morgan fingerprint density at radius 2 is 1.67 bits per heavy atom. The molecule has 1 aliphatic rings. The van der Waals surface area contributed by atoms with Gasteiger partial charge < -0.3 is 24.4 Å². The van der Waals surface area contributed by atoms with E-state index in [-0.39, 0.29) is 0 Å². The first kappa shape index (κ1) is 14.9. The predicted octanol–water partition coefficient (Wildman–Crippen LogP) is -0.662. The fourth-order valence-corrected chi connectivity index (χ4v) is 1.82. The van der Waals surface area contributed by atoms with E-state index in [0.717, 1.165) is 6.92 Å². The van der Waals surface area contributed by atoms with Crippen molar-refractivity contribution < 1.29 is 34.0 Å². The van der Waals surface area contributed by atoms with Crippen LogP contribution in [0.2, 0.25) is 0 Å². The summed E-state index contributed by atoms with van der Waals surface area (Å²) in [4.78, 5) is 21.9. The van der Waals surface area contributed by atoms with Crippen molar-refractivity contribution in [3.05, 3.63) is 0 Å². The van der Waals surface area contributed by atoms with Gasteiger partial charge in [-0.2, -0.15) is 0 Å². The van der Waals surface area contributed by atoms with Crippen LogP contribution in [0.15, 0.2) is 0 Å². The smallest absolute Gasteiger partial charge is 0.305 e. The molecule has 0 aromatic carbocycles. The van der Waals surface area contributed by atoms with Gasteiger partial charge >= 0.3 is 11.9 Å². The van der Waals surface area contributed by atoms with Gasteiger partial charge in [-0.25, -0.2) is 0 Å². The van der Waals surface area contributed by atoms with E-state index in [0.29, 0.717) is 6.42 Å². The van der Waals surface area contributed by atoms with Gasteiger partial charge in [0, 0.05) is 13.8 Å². The highest BCUT2D eigenvalue weighted by molar-refractivity contribution is 5.67. The van der Waals surface area contributed by atoms with Crippen molar-refractivity contribution in [1.82, 2.24) is 0 Å². The molecular weight excluding hydrogens is 244 g/mol. The number of carbonyl (C=O) groups is 2. The predicted molar refractivity (Wildman–Crippen MR) is 58.3 cm³/mol. The van der Waals surface area contributed by atoms with Gasteiger partial charge in [-0.1, -0.05) is 6.92 Å². The lowest BCUT2D eigenvalue weighted by molar-refractivity contribution is -0.291. The molecule has 7 nitrogen and oxygen atoms in total. The van der Waals surface area contributed by atoms with Crippen molar-refractivity contribution in [2.24, 2.45) is 0 Å². The van der Waals surface area contributed by atoms with Crippen LogP contribution in [0.25, 0.3) is 0 Å². The summed E-state index contributed by atoms with van der Waals surface area (Å²) in [5.41, 5.74) is 0. The number of rotatable bonds is 3. The minimum absolute atomic E-state index is 0.419. The molecule has 0 saturated carbocycles. The molecule has 0 amide bonds. The highest BCUT2D eigenvalue weighted by atomic mass is 16.7. The highest BCUT2D eigenvalue weighted by Crippen LogP contribution is 2.26. The van der Waals surface area contributed by atoms with Gasteiger partial charge in [0.1, 0.15) is 12.2 Å². The topological polar surface area (TPSA) is 102 Å². The third kappa shape index (κ3) is 3.41. The lowest BCUT2D eigenvalue weighted by atomic mass is 9.97. The summed E-state index contributed by atoms with van der Waals surface area (Å²) in [6.07, 6.45) is -5.28. The third-order valence-electron chi connectivity index (χ3n) is 2.63. The van der Waals surface area contributed by atoms with E-state index in [1.165, 1.54) is 6.92 Å². The molecule has 0 aliphatic carbocycles. The molecule has 0 aromatic heterocycles. The first-order valence-electron chi connectivity index (χ1n) is 5.72. The van der Waals surface area contributed by atoms with Crippen LogP contribution in [0.4, 0.5) is 0 Å². The summed E-state index contributed by atoms with van der Waals surface area (Å²) in [6, 6.07) is 0. The number of ether oxygens (including phenoxy) is 3. The lowest BCUT2D eigenvalue weighted by Crippen LogP contribution is -2.59. The second-order valence-corrected chi connectivity index (χ2v) is 4.12. The molecule has 0 spiro atoms. The van der Waals surface area contributed by atoms with Crippen LogP contribution in [-0.2, 0) is 23.8 Å². The zero-order valence-corrected chi connectivity index (χ0v) is 10.5. The van der Waals surface area contributed by atoms with E-state index in [1.54, 1.807) is 6.92 Å². The van der Waals surface area contributed by atoms with Gasteiger partial charge in [-0.15, -0.1) is 0 Å². The van der Waals surface area contributed by atoms with Crippen LogP contribution in [0.3, 0.4) is 0 Å². The quantitative estimate of drug-likeness (QED) is 0.651. The minimum Gasteiger partial charge on any atom is -0.453 e. The average Bonchev–Trinajstić information content (AvgIpc) is 2.27. The first-order valence-corrected chi connectivity index (χ1v) is 5.72. The van der Waals surface area contributed by atoms with Crippen LogP contribution < -0.4 is 0 Å². The molecule has 104 valence electrons. The average molecular weight is 262 g/mol. The van der Waals surface area contributed by atoms with E-state index in [4.69, 9.17) is 14.2 Å². The molecule has 0 bridgehead atoms. The van der Waals surface area contributed by atoms with Crippen LogP contribution in [0, 0.1) is 0 Å². The van der Waals surface area contributed by atoms with Gasteiger partial charge in [-0.05, 0) is 6.42 Å². The van der Waals surface area contributed by atoms with Crippen molar-refractivity contribution >= 4 is 11.9 Å². The second kappa shape index (κ2) is 6.12. The molecule has 5 unspecified atom stereocenters. The van der Waals surface area contributed by atoms with Crippen LogP contribution in [-0.4, -0.2) is 52.9 Å². The summed E-state index contributed by atoms with van der Waals surface area (Å²) in [7, 11) is 0. The number of hydrogen-bond acceptors (Lipinski definition) is 7. The van der Waals surface area contributed by atoms with Crippen molar-refractivity contribution in [2.45, 2.75) is 57.9 Å². The maximum atomic E-state index is 10.9. The monoisotopic (exact) mass is 262 g/mol. The number of aliphatic hydroxyl groups excluding tert-OH is 2. The first-order chi connectivity index (χ1) is 8.36. The van der Waals surface area contributed by atoms with Crippen molar-refractivity contribution in [2.75, 3.05) is 0 Å². The zero-order chi connectivity index (χ0) is 13.9. The van der Waals surface area contributed by atoms with Gasteiger partial charge in [-0.3, -0.25) is 9.59 Å². The van der Waals surface area contributed by atoms with E-state index in [1.807, 2.05) is 0 Å². The molecule has 1 rings (SSSR count). The SMILES string of the molecule is CCC1OC(OC(C)=O)C(OC(C)=O)C(O)C1O. The molecule has 1 aliphatic heterocycles. The lowest BCUT2D eigenvalue weighted by Gasteiger charge is -2.40. The standard InChI is InChI=1S/C11H18O7/c1-4-7-8(14)9(15)10(16-5(2)12)11(18-7)17-6(3)13/h7-11,14-15H,4H2,1-3H3. The molecule has 1 saturated heterocycles. The summed E-state index contributed by atoms with van der Waals surface area (Å²) < 4.78 is 15.0. The van der Waals surface area contributed by atoms with Crippen LogP contribution in [0.5, 0.6) is 0 Å². The number of aliphatic hydroxyl groups is 2. The summed E-state index contributed by atoms with van der Waals surface area (Å²) in [6.45, 7) is 4.07. The molecular formula is C11H18O7. The molecule has 5 atom stereocenters. The zero-order valence-electron chi connectivity index (χ0n) is 10.5. The fraction of sp³-hybridized carbons (Fsp3) is 0.818. The number of hydrogen-bond donors (Lipinski definition) is 2. The molecule has 18 heavy (non-hydrogen) atoms. The summed E-state index contributed by atoms with van der Waals surface area (Å²) in [5, 5.41) is 19.6. The molecule has 7 heteroatoms. The van der Waals surface area contributed by atoms with Crippen molar-refractivity contribution in [3.8, 4) is 0 Å². The van der Waals surface area contributed by atoms with Crippen molar-refractivity contribution in [3.63, 3.8) is 0 Å². The van der Waals surface area contributed by atoms with Crippen molar-refractivity contribution in [1.29, 1.82) is 0 Å². The Morgan fingerprint density at radius 1 is 1.11 bits per heavy atom. The molecule has 0 aromatic rings. The van der Waals surface area contributed by atoms with Crippen LogP contribution in [0.1, 0.15) is 27.2 Å². The van der Waals surface area contributed by atoms with Gasteiger partial charge in [0.05, 0.1) is 6.10 Å². The highest BCUT2D eigenvalue weighted by Gasteiger charge is 2.47. The Labute approximate surface area is 105 Å². The number of esters is 2. The van der Waals surface area contributed by atoms with E-state index >= 15 is 0 Å². The van der Waals surface area contributed by atoms with E-state index < -0.39 is 42.6 Å². The van der Waals surface area contributed by atoms with E-state index in [2.05, 4.69) is 0 Å². The number of carbonyl (C=O) groups excluding carboxylic acids is 2. The second-order valence-electron chi connectivity index (χ2n) is 4.12. The Kier molecular flexibility index (Phi) is 5.06. The Balaban J connectivity index is 2.86. The third-order valence-corrected chi connectivity index (χ3v) is 2.63. The van der Waals surface area contributed by atoms with Gasteiger partial charge in [0.15, 0.2) is 6.10 Å². The molecule has 0 radical (unpaired) electrons. The summed E-state index contributed by atoms with van der Waals surface area (Å²) in [5.74, 6) is -1.29. The normalized spacial score (nSPS) is 35.9.